The smallest absolute Gasteiger partial charge is 0.168 e. The van der Waals surface area contributed by atoms with Crippen LogP contribution in [0.25, 0.3) is 0 Å². The molecule has 136 valence electrons. The van der Waals surface area contributed by atoms with Gasteiger partial charge in [0.1, 0.15) is 0 Å². The second kappa shape index (κ2) is 6.40. The van der Waals surface area contributed by atoms with Crippen molar-refractivity contribution in [3.05, 3.63) is 65.7 Å². The highest BCUT2D eigenvalue weighted by molar-refractivity contribution is 5.62. The Bertz CT molecular complexity index is 757. The number of hydrogen-bond acceptors (Lipinski definition) is 3. The van der Waals surface area contributed by atoms with Crippen molar-refractivity contribution < 1.29 is 9.47 Å². The quantitative estimate of drug-likeness (QED) is 0.873. The molecule has 3 nitrogen and oxygen atoms in total. The lowest BCUT2D eigenvalue weighted by molar-refractivity contribution is -0.185. The summed E-state index contributed by atoms with van der Waals surface area (Å²) in [5.74, 6) is -0.299. The molecule has 0 aromatic heterocycles. The molecule has 1 atom stereocenters. The van der Waals surface area contributed by atoms with E-state index in [1.807, 2.05) is 0 Å². The Hall–Kier alpha value is -1.84. The van der Waals surface area contributed by atoms with Gasteiger partial charge in [0.15, 0.2) is 5.79 Å². The van der Waals surface area contributed by atoms with Gasteiger partial charge in [-0.2, -0.15) is 0 Å². The molecule has 2 aromatic rings. The van der Waals surface area contributed by atoms with Gasteiger partial charge in [0.25, 0.3) is 0 Å². The van der Waals surface area contributed by atoms with E-state index in [1.165, 1.54) is 16.8 Å². The number of aryl methyl sites for hydroxylation is 1. The highest BCUT2D eigenvalue weighted by atomic mass is 16.7. The Labute approximate surface area is 155 Å². The first-order valence-electron chi connectivity index (χ1n) is 9.98. The third-order valence-electron chi connectivity index (χ3n) is 6.74. The monoisotopic (exact) mass is 349 g/mol. The van der Waals surface area contributed by atoms with Crippen LogP contribution in [0.1, 0.15) is 43.2 Å². The molecule has 0 amide bonds. The van der Waals surface area contributed by atoms with Gasteiger partial charge in [-0.15, -0.1) is 0 Å². The number of benzene rings is 2. The van der Waals surface area contributed by atoms with E-state index in [4.69, 9.17) is 9.47 Å². The van der Waals surface area contributed by atoms with Gasteiger partial charge in [-0.3, -0.25) is 0 Å². The van der Waals surface area contributed by atoms with Crippen molar-refractivity contribution in [3.8, 4) is 0 Å². The van der Waals surface area contributed by atoms with Crippen molar-refractivity contribution >= 4 is 5.69 Å². The minimum atomic E-state index is -0.299. The molecule has 0 radical (unpaired) electrons. The average Bonchev–Trinajstić information content (AvgIpc) is 3.27. The van der Waals surface area contributed by atoms with Gasteiger partial charge >= 0.3 is 0 Å². The van der Waals surface area contributed by atoms with Crippen molar-refractivity contribution in [1.29, 1.82) is 0 Å². The fraction of sp³-hybridized carbons (Fsp3) is 0.478. The lowest BCUT2D eigenvalue weighted by Crippen LogP contribution is -2.47. The van der Waals surface area contributed by atoms with Gasteiger partial charge in [-0.1, -0.05) is 48.5 Å². The number of fused-ring (bicyclic) bond motifs is 2. The average molecular weight is 349 g/mol. The van der Waals surface area contributed by atoms with Crippen molar-refractivity contribution in [2.24, 2.45) is 0 Å². The Balaban J connectivity index is 1.40. The molecule has 2 spiro atoms. The van der Waals surface area contributed by atoms with E-state index in [2.05, 4.69) is 59.9 Å². The standard InChI is InChI=1S/C23H27NO2/c1-2-6-18(7-3-1)10-11-21-22(19-8-4-5-9-20(19)24-21)12-14-23(15-13-22)25-16-17-26-23/h1-9,21,24H,10-17H2. The fourth-order valence-electron chi connectivity index (χ4n) is 5.34. The van der Waals surface area contributed by atoms with E-state index >= 15 is 0 Å². The SMILES string of the molecule is c1ccc(CCC2Nc3ccccc3C23CCC2(CC3)OCCO2)cc1. The Morgan fingerprint density at radius 3 is 2.31 bits per heavy atom. The van der Waals surface area contributed by atoms with Gasteiger partial charge < -0.3 is 14.8 Å². The van der Waals surface area contributed by atoms with Crippen LogP contribution in [0.3, 0.4) is 0 Å². The van der Waals surface area contributed by atoms with Gasteiger partial charge in [0.05, 0.1) is 13.2 Å². The van der Waals surface area contributed by atoms with E-state index in [9.17, 15) is 0 Å². The fourth-order valence-corrected chi connectivity index (χ4v) is 5.34. The van der Waals surface area contributed by atoms with Crippen LogP contribution in [0.4, 0.5) is 5.69 Å². The van der Waals surface area contributed by atoms with E-state index in [0.717, 1.165) is 51.7 Å². The van der Waals surface area contributed by atoms with E-state index in [-0.39, 0.29) is 11.2 Å². The molecule has 1 N–H and O–H groups in total. The molecule has 2 heterocycles. The third-order valence-corrected chi connectivity index (χ3v) is 6.74. The predicted octanol–water partition coefficient (Wildman–Crippen LogP) is 4.67. The maximum absolute atomic E-state index is 5.99. The minimum Gasteiger partial charge on any atom is -0.381 e. The number of anilines is 1. The van der Waals surface area contributed by atoms with E-state index in [1.54, 1.807) is 0 Å². The summed E-state index contributed by atoms with van der Waals surface area (Å²) in [4.78, 5) is 0. The first kappa shape index (κ1) is 16.3. The van der Waals surface area contributed by atoms with Crippen molar-refractivity contribution in [2.45, 2.75) is 55.8 Å². The molecule has 5 rings (SSSR count). The maximum atomic E-state index is 5.99. The summed E-state index contributed by atoms with van der Waals surface area (Å²) in [6.45, 7) is 1.50. The molecule has 1 saturated carbocycles. The summed E-state index contributed by atoms with van der Waals surface area (Å²) in [6.07, 6.45) is 6.56. The van der Waals surface area contributed by atoms with Gasteiger partial charge in [-0.05, 0) is 42.9 Å². The largest absolute Gasteiger partial charge is 0.381 e. The lowest BCUT2D eigenvalue weighted by Gasteiger charge is -2.45. The molecular weight excluding hydrogens is 322 g/mol. The van der Waals surface area contributed by atoms with Crippen molar-refractivity contribution in [3.63, 3.8) is 0 Å². The number of rotatable bonds is 3. The van der Waals surface area contributed by atoms with Crippen LogP contribution in [0, 0.1) is 0 Å². The van der Waals surface area contributed by atoms with E-state index < -0.39 is 0 Å². The number of ether oxygens (including phenoxy) is 2. The van der Waals surface area contributed by atoms with Gasteiger partial charge in [-0.25, -0.2) is 0 Å². The first-order valence-corrected chi connectivity index (χ1v) is 9.98. The molecule has 0 bridgehead atoms. The van der Waals surface area contributed by atoms with Crippen LogP contribution in [-0.2, 0) is 21.3 Å². The van der Waals surface area contributed by atoms with Crippen LogP contribution < -0.4 is 5.32 Å². The van der Waals surface area contributed by atoms with Crippen LogP contribution in [0.2, 0.25) is 0 Å². The molecule has 2 aromatic carbocycles. The summed E-state index contributed by atoms with van der Waals surface area (Å²) < 4.78 is 12.0. The molecule has 2 aliphatic heterocycles. The number of para-hydroxylation sites is 1. The summed E-state index contributed by atoms with van der Waals surface area (Å²) in [7, 11) is 0. The van der Waals surface area contributed by atoms with Gasteiger partial charge in [0.2, 0.25) is 0 Å². The summed E-state index contributed by atoms with van der Waals surface area (Å²) >= 11 is 0. The second-order valence-corrected chi connectivity index (χ2v) is 8.03. The van der Waals surface area contributed by atoms with Crippen LogP contribution in [0.5, 0.6) is 0 Å². The molecule has 1 unspecified atom stereocenters. The molecule has 26 heavy (non-hydrogen) atoms. The Morgan fingerprint density at radius 1 is 0.846 bits per heavy atom. The maximum Gasteiger partial charge on any atom is 0.168 e. The second-order valence-electron chi connectivity index (χ2n) is 8.03. The van der Waals surface area contributed by atoms with Crippen LogP contribution in [0.15, 0.2) is 54.6 Å². The predicted molar refractivity (Wildman–Crippen MR) is 103 cm³/mol. The summed E-state index contributed by atoms with van der Waals surface area (Å²) in [5, 5.41) is 3.86. The first-order chi connectivity index (χ1) is 12.8. The zero-order chi connectivity index (χ0) is 17.5. The van der Waals surface area contributed by atoms with Crippen LogP contribution in [-0.4, -0.2) is 25.0 Å². The summed E-state index contributed by atoms with van der Waals surface area (Å²) in [5.41, 5.74) is 4.47. The van der Waals surface area contributed by atoms with Gasteiger partial charge in [0, 0.05) is 30.0 Å². The van der Waals surface area contributed by atoms with Crippen LogP contribution >= 0.6 is 0 Å². The minimum absolute atomic E-state index is 0.214. The molecule has 2 fully saturated rings. The summed E-state index contributed by atoms with van der Waals surface area (Å²) in [6, 6.07) is 20.3. The van der Waals surface area contributed by atoms with Crippen molar-refractivity contribution in [2.75, 3.05) is 18.5 Å². The normalized spacial score (nSPS) is 25.3. The van der Waals surface area contributed by atoms with E-state index in [0.29, 0.717) is 6.04 Å². The zero-order valence-corrected chi connectivity index (χ0v) is 15.2. The Kier molecular flexibility index (Phi) is 4.02. The number of nitrogens with one attached hydrogen (secondary N) is 1. The Morgan fingerprint density at radius 2 is 1.54 bits per heavy atom. The highest BCUT2D eigenvalue weighted by Crippen LogP contribution is 2.54. The number of hydrogen-bond donors (Lipinski definition) is 1. The molecule has 1 saturated heterocycles. The highest BCUT2D eigenvalue weighted by Gasteiger charge is 2.53. The topological polar surface area (TPSA) is 30.5 Å². The van der Waals surface area contributed by atoms with Crippen molar-refractivity contribution in [1.82, 2.24) is 0 Å². The lowest BCUT2D eigenvalue weighted by atomic mass is 9.64. The molecular formula is C23H27NO2. The molecule has 3 aliphatic rings. The zero-order valence-electron chi connectivity index (χ0n) is 15.2. The molecule has 3 heteroatoms. The third kappa shape index (κ3) is 2.65. The molecule has 1 aliphatic carbocycles.